The predicted molar refractivity (Wildman–Crippen MR) is 82.8 cm³/mol. The third-order valence-electron chi connectivity index (χ3n) is 3.63. The van der Waals surface area contributed by atoms with Crippen molar-refractivity contribution in [2.75, 3.05) is 0 Å². The number of rotatable bonds is 5. The average molecular weight is 321 g/mol. The van der Waals surface area contributed by atoms with Gasteiger partial charge in [0.25, 0.3) is 0 Å². The molecule has 0 unspecified atom stereocenters. The molecule has 2 nitrogen and oxygen atoms in total. The van der Waals surface area contributed by atoms with E-state index in [1.54, 1.807) is 0 Å². The minimum Gasteiger partial charge on any atom is -0.352 e. The average Bonchev–Trinajstić information content (AvgIpc) is 2.53. The van der Waals surface area contributed by atoms with E-state index >= 15 is 0 Å². The van der Waals surface area contributed by atoms with Crippen LogP contribution in [0.2, 0.25) is 0 Å². The van der Waals surface area contributed by atoms with Gasteiger partial charge in [0.15, 0.2) is 0 Å². The van der Waals surface area contributed by atoms with Gasteiger partial charge < -0.3 is 5.32 Å². The molecule has 0 fully saturated rings. The van der Waals surface area contributed by atoms with Crippen molar-refractivity contribution in [2.24, 2.45) is 0 Å². The molecule has 0 heterocycles. The number of alkyl halides is 3. The molecule has 0 saturated heterocycles. The Morgan fingerprint density at radius 2 is 1.65 bits per heavy atom. The van der Waals surface area contributed by atoms with Gasteiger partial charge in [-0.3, -0.25) is 4.79 Å². The lowest BCUT2D eigenvalue weighted by Crippen LogP contribution is -2.24. The van der Waals surface area contributed by atoms with E-state index in [1.807, 2.05) is 37.3 Å². The Morgan fingerprint density at radius 3 is 2.22 bits per heavy atom. The monoisotopic (exact) mass is 321 g/mol. The minimum absolute atomic E-state index is 0.124. The molecule has 0 saturated carbocycles. The fraction of sp³-hybridized carbons (Fsp3) is 0.278. The minimum atomic E-state index is -4.34. The SMILES string of the molecule is C[C@H](CC(=O)NCc1ccccc1)c1ccc(C(F)(F)F)cc1. The summed E-state index contributed by atoms with van der Waals surface area (Å²) in [5.74, 6) is -0.269. The molecule has 2 aromatic rings. The van der Waals surface area contributed by atoms with Gasteiger partial charge in [0.1, 0.15) is 0 Å². The zero-order valence-corrected chi connectivity index (χ0v) is 12.7. The number of carbonyl (C=O) groups excluding carboxylic acids is 1. The molecule has 0 aliphatic carbocycles. The molecule has 0 aliphatic rings. The van der Waals surface area contributed by atoms with Gasteiger partial charge in [0, 0.05) is 13.0 Å². The Balaban J connectivity index is 1.88. The van der Waals surface area contributed by atoms with Gasteiger partial charge in [-0.05, 0) is 29.2 Å². The summed E-state index contributed by atoms with van der Waals surface area (Å²) in [6, 6.07) is 14.5. The first-order valence-electron chi connectivity index (χ1n) is 7.34. The van der Waals surface area contributed by atoms with Crippen molar-refractivity contribution in [1.29, 1.82) is 0 Å². The van der Waals surface area contributed by atoms with Crippen molar-refractivity contribution < 1.29 is 18.0 Å². The Morgan fingerprint density at radius 1 is 1.04 bits per heavy atom. The smallest absolute Gasteiger partial charge is 0.352 e. The van der Waals surface area contributed by atoms with Crippen molar-refractivity contribution >= 4 is 5.91 Å². The van der Waals surface area contributed by atoms with Gasteiger partial charge in [0.2, 0.25) is 5.91 Å². The molecule has 122 valence electrons. The molecule has 0 radical (unpaired) electrons. The maximum atomic E-state index is 12.5. The lowest BCUT2D eigenvalue weighted by molar-refractivity contribution is -0.137. The van der Waals surface area contributed by atoms with E-state index < -0.39 is 11.7 Å². The van der Waals surface area contributed by atoms with E-state index in [0.717, 1.165) is 17.7 Å². The number of carbonyl (C=O) groups is 1. The fourth-order valence-electron chi connectivity index (χ4n) is 2.27. The number of benzene rings is 2. The maximum absolute atomic E-state index is 12.5. The summed E-state index contributed by atoms with van der Waals surface area (Å²) in [5.41, 5.74) is 1.04. The molecule has 0 aliphatic heterocycles. The molecule has 5 heteroatoms. The van der Waals surface area contributed by atoms with Crippen LogP contribution < -0.4 is 5.32 Å². The zero-order valence-electron chi connectivity index (χ0n) is 12.7. The first kappa shape index (κ1) is 17.1. The number of halogens is 3. The summed E-state index contributed by atoms with van der Waals surface area (Å²) in [6.07, 6.45) is -4.10. The molecular weight excluding hydrogens is 303 g/mol. The largest absolute Gasteiger partial charge is 0.416 e. The third-order valence-corrected chi connectivity index (χ3v) is 3.63. The normalized spacial score (nSPS) is 12.7. The van der Waals surface area contributed by atoms with Crippen molar-refractivity contribution in [1.82, 2.24) is 5.32 Å². The number of nitrogens with one attached hydrogen (secondary N) is 1. The molecule has 2 rings (SSSR count). The fourth-order valence-corrected chi connectivity index (χ4v) is 2.27. The van der Waals surface area contributed by atoms with Crippen LogP contribution in [0.4, 0.5) is 13.2 Å². The van der Waals surface area contributed by atoms with Crippen LogP contribution in [0, 0.1) is 0 Å². The summed E-state index contributed by atoms with van der Waals surface area (Å²) < 4.78 is 37.6. The van der Waals surface area contributed by atoms with E-state index in [0.29, 0.717) is 12.1 Å². The second-order valence-corrected chi connectivity index (χ2v) is 5.49. The molecule has 1 atom stereocenters. The van der Waals surface area contributed by atoms with Gasteiger partial charge in [0.05, 0.1) is 5.56 Å². The Kier molecular flexibility index (Phi) is 5.42. The van der Waals surface area contributed by atoms with Crippen LogP contribution in [0.1, 0.15) is 36.0 Å². The van der Waals surface area contributed by atoms with E-state index in [9.17, 15) is 18.0 Å². The summed E-state index contributed by atoms with van der Waals surface area (Å²) in [7, 11) is 0. The van der Waals surface area contributed by atoms with Gasteiger partial charge in [-0.1, -0.05) is 49.4 Å². The Hall–Kier alpha value is -2.30. The summed E-state index contributed by atoms with van der Waals surface area (Å²) in [5, 5.41) is 2.82. The Bertz CT molecular complexity index is 636. The van der Waals surface area contributed by atoms with Gasteiger partial charge in [-0.15, -0.1) is 0 Å². The number of hydrogen-bond donors (Lipinski definition) is 1. The summed E-state index contributed by atoms with van der Waals surface area (Å²) in [4.78, 5) is 11.9. The van der Waals surface area contributed by atoms with Gasteiger partial charge >= 0.3 is 6.18 Å². The van der Waals surface area contributed by atoms with Crippen LogP contribution in [0.5, 0.6) is 0 Å². The van der Waals surface area contributed by atoms with Crippen LogP contribution in [0.25, 0.3) is 0 Å². The molecule has 2 aromatic carbocycles. The van der Waals surface area contributed by atoms with E-state index in [-0.39, 0.29) is 18.2 Å². The number of amides is 1. The molecule has 1 N–H and O–H groups in total. The van der Waals surface area contributed by atoms with Crippen LogP contribution >= 0.6 is 0 Å². The molecule has 0 aromatic heterocycles. The molecule has 0 bridgehead atoms. The highest BCUT2D eigenvalue weighted by Crippen LogP contribution is 2.30. The van der Waals surface area contributed by atoms with Crippen LogP contribution in [-0.2, 0) is 17.5 Å². The molecule has 23 heavy (non-hydrogen) atoms. The van der Waals surface area contributed by atoms with E-state index in [2.05, 4.69) is 5.32 Å². The number of hydrogen-bond acceptors (Lipinski definition) is 1. The van der Waals surface area contributed by atoms with E-state index in [4.69, 9.17) is 0 Å². The molecule has 0 spiro atoms. The third kappa shape index (κ3) is 5.13. The van der Waals surface area contributed by atoms with Crippen molar-refractivity contribution in [3.05, 3.63) is 71.3 Å². The highest BCUT2D eigenvalue weighted by Gasteiger charge is 2.30. The van der Waals surface area contributed by atoms with E-state index in [1.165, 1.54) is 12.1 Å². The van der Waals surface area contributed by atoms with Crippen molar-refractivity contribution in [3.63, 3.8) is 0 Å². The highest BCUT2D eigenvalue weighted by atomic mass is 19.4. The highest BCUT2D eigenvalue weighted by molar-refractivity contribution is 5.76. The predicted octanol–water partition coefficient (Wildman–Crippen LogP) is 4.52. The second kappa shape index (κ2) is 7.31. The van der Waals surface area contributed by atoms with Crippen LogP contribution in [0.3, 0.4) is 0 Å². The van der Waals surface area contributed by atoms with Crippen molar-refractivity contribution in [2.45, 2.75) is 32.0 Å². The van der Waals surface area contributed by atoms with Gasteiger partial charge in [-0.25, -0.2) is 0 Å². The van der Waals surface area contributed by atoms with Gasteiger partial charge in [-0.2, -0.15) is 13.2 Å². The maximum Gasteiger partial charge on any atom is 0.416 e. The standard InChI is InChI=1S/C18H18F3NO/c1-13(15-7-9-16(10-8-15)18(19,20)21)11-17(23)22-12-14-5-3-2-4-6-14/h2-10,13H,11-12H2,1H3,(H,22,23)/t13-/m1/s1. The van der Waals surface area contributed by atoms with Crippen molar-refractivity contribution in [3.8, 4) is 0 Å². The summed E-state index contributed by atoms with van der Waals surface area (Å²) >= 11 is 0. The van der Waals surface area contributed by atoms with Crippen LogP contribution in [-0.4, -0.2) is 5.91 Å². The first-order chi connectivity index (χ1) is 10.9. The topological polar surface area (TPSA) is 29.1 Å². The quantitative estimate of drug-likeness (QED) is 0.862. The Labute approximate surface area is 133 Å². The second-order valence-electron chi connectivity index (χ2n) is 5.49. The molecular formula is C18H18F3NO. The van der Waals surface area contributed by atoms with Crippen LogP contribution in [0.15, 0.2) is 54.6 Å². The molecule has 1 amide bonds. The lowest BCUT2D eigenvalue weighted by Gasteiger charge is -2.13. The zero-order chi connectivity index (χ0) is 16.9. The summed E-state index contributed by atoms with van der Waals surface area (Å²) in [6.45, 7) is 2.27. The lowest BCUT2D eigenvalue weighted by atomic mass is 9.96. The first-order valence-corrected chi connectivity index (χ1v) is 7.34.